The second-order valence-electron chi connectivity index (χ2n) is 3.45. The molecule has 2 rings (SSSR count). The first kappa shape index (κ1) is 7.10. The van der Waals surface area contributed by atoms with Crippen LogP contribution in [0, 0.1) is 0 Å². The maximum atomic E-state index is 10.8. The van der Waals surface area contributed by atoms with Gasteiger partial charge in [0.15, 0.2) is 0 Å². The number of carbonyl (C=O) groups is 1. The summed E-state index contributed by atoms with van der Waals surface area (Å²) in [5.74, 6) is -0.147. The van der Waals surface area contributed by atoms with Gasteiger partial charge in [-0.1, -0.05) is 0 Å². The second kappa shape index (κ2) is 2.21. The minimum Gasteiger partial charge on any atom is -0.456 e. The summed E-state index contributed by atoms with van der Waals surface area (Å²) in [6.45, 7) is 0. The first-order valence-corrected chi connectivity index (χ1v) is 4.13. The molecule has 0 aromatic heterocycles. The summed E-state index contributed by atoms with van der Waals surface area (Å²) in [7, 11) is 0. The van der Waals surface area contributed by atoms with E-state index in [1.807, 2.05) is 0 Å². The van der Waals surface area contributed by atoms with Gasteiger partial charge in [0.25, 0.3) is 0 Å². The fraction of sp³-hybridized carbons (Fsp3) is 0.875. The van der Waals surface area contributed by atoms with Crippen molar-refractivity contribution in [3.05, 3.63) is 0 Å². The van der Waals surface area contributed by atoms with Crippen LogP contribution in [0.5, 0.6) is 0 Å². The van der Waals surface area contributed by atoms with Crippen LogP contribution in [0.1, 0.15) is 32.1 Å². The van der Waals surface area contributed by atoms with Gasteiger partial charge in [-0.25, -0.2) is 0 Å². The van der Waals surface area contributed by atoms with Gasteiger partial charge < -0.3 is 9.84 Å². The van der Waals surface area contributed by atoms with E-state index >= 15 is 0 Å². The lowest BCUT2D eigenvalue weighted by atomic mass is 9.96. The van der Waals surface area contributed by atoms with E-state index in [0.29, 0.717) is 12.8 Å². The van der Waals surface area contributed by atoms with E-state index in [1.54, 1.807) is 0 Å². The third-order valence-corrected chi connectivity index (χ3v) is 2.75. The maximum Gasteiger partial charge on any atom is 0.306 e. The Bertz CT molecular complexity index is 190. The Morgan fingerprint density at radius 2 is 2.36 bits per heavy atom. The molecule has 3 nitrogen and oxygen atoms in total. The number of aliphatic hydroxyl groups excluding tert-OH is 1. The van der Waals surface area contributed by atoms with Crippen molar-refractivity contribution in [3.8, 4) is 0 Å². The van der Waals surface area contributed by atoms with E-state index in [2.05, 4.69) is 0 Å². The zero-order valence-corrected chi connectivity index (χ0v) is 6.38. The number of ether oxygens (including phenoxy) is 1. The highest BCUT2D eigenvalue weighted by atomic mass is 16.6. The number of carbonyl (C=O) groups excluding carboxylic acids is 1. The highest BCUT2D eigenvalue weighted by Crippen LogP contribution is 2.41. The number of esters is 1. The summed E-state index contributed by atoms with van der Waals surface area (Å²) in [5, 5.41) is 9.52. The number of aliphatic hydroxyl groups is 1. The molecule has 1 aliphatic heterocycles. The van der Waals surface area contributed by atoms with E-state index in [-0.39, 0.29) is 5.97 Å². The first-order chi connectivity index (χ1) is 5.23. The Morgan fingerprint density at radius 1 is 1.55 bits per heavy atom. The van der Waals surface area contributed by atoms with Gasteiger partial charge in [-0.05, 0) is 19.3 Å². The molecule has 1 heterocycles. The van der Waals surface area contributed by atoms with Crippen molar-refractivity contribution in [2.75, 3.05) is 0 Å². The number of rotatable bonds is 0. The lowest BCUT2D eigenvalue weighted by Crippen LogP contribution is -2.36. The number of hydrogen-bond donors (Lipinski definition) is 1. The summed E-state index contributed by atoms with van der Waals surface area (Å²) in [4.78, 5) is 10.8. The van der Waals surface area contributed by atoms with Crippen LogP contribution in [-0.2, 0) is 9.53 Å². The lowest BCUT2D eigenvalue weighted by molar-refractivity contribution is -0.155. The molecule has 0 radical (unpaired) electrons. The smallest absolute Gasteiger partial charge is 0.306 e. The lowest BCUT2D eigenvalue weighted by Gasteiger charge is -2.25. The van der Waals surface area contributed by atoms with Crippen LogP contribution >= 0.6 is 0 Å². The van der Waals surface area contributed by atoms with Gasteiger partial charge >= 0.3 is 5.97 Å². The Hall–Kier alpha value is -0.570. The molecule has 1 saturated heterocycles. The van der Waals surface area contributed by atoms with Crippen LogP contribution in [-0.4, -0.2) is 22.8 Å². The molecule has 1 saturated carbocycles. The second-order valence-corrected chi connectivity index (χ2v) is 3.45. The molecular weight excluding hydrogens is 144 g/mol. The first-order valence-electron chi connectivity index (χ1n) is 4.13. The van der Waals surface area contributed by atoms with Crippen molar-refractivity contribution < 1.29 is 14.6 Å². The third-order valence-electron chi connectivity index (χ3n) is 2.75. The quantitative estimate of drug-likeness (QED) is 0.522. The van der Waals surface area contributed by atoms with Crippen molar-refractivity contribution in [1.82, 2.24) is 0 Å². The van der Waals surface area contributed by atoms with Gasteiger partial charge in [0.2, 0.25) is 0 Å². The highest BCUT2D eigenvalue weighted by molar-refractivity contribution is 5.72. The predicted octanol–water partition coefficient (Wildman–Crippen LogP) is 0.607. The molecule has 2 atom stereocenters. The standard InChI is InChI=1S/C8H12O3/c9-6-2-1-4-8(6)5-3-7(10)11-8/h6,9H,1-5H2/t6-,8+/m0/s1. The highest BCUT2D eigenvalue weighted by Gasteiger charge is 2.49. The fourth-order valence-corrected chi connectivity index (χ4v) is 2.08. The van der Waals surface area contributed by atoms with Crippen LogP contribution in [0.25, 0.3) is 0 Å². The van der Waals surface area contributed by atoms with Crippen LogP contribution < -0.4 is 0 Å². The molecule has 2 aliphatic rings. The normalized spacial score (nSPS) is 43.4. The van der Waals surface area contributed by atoms with Crippen molar-refractivity contribution in [2.45, 2.75) is 43.8 Å². The summed E-state index contributed by atoms with van der Waals surface area (Å²) in [6, 6.07) is 0. The predicted molar refractivity (Wildman–Crippen MR) is 37.9 cm³/mol. The summed E-state index contributed by atoms with van der Waals surface area (Å²) >= 11 is 0. The average Bonchev–Trinajstić information content (AvgIpc) is 2.46. The molecular formula is C8H12O3. The molecule has 3 heteroatoms. The third kappa shape index (κ3) is 0.948. The average molecular weight is 156 g/mol. The SMILES string of the molecule is O=C1CC[C@@]2(CCC[C@@H]2O)O1. The van der Waals surface area contributed by atoms with E-state index in [4.69, 9.17) is 4.74 Å². The molecule has 0 aromatic rings. The van der Waals surface area contributed by atoms with Gasteiger partial charge in [-0.15, -0.1) is 0 Å². The van der Waals surface area contributed by atoms with E-state index in [9.17, 15) is 9.90 Å². The van der Waals surface area contributed by atoms with Crippen molar-refractivity contribution in [3.63, 3.8) is 0 Å². The zero-order valence-electron chi connectivity index (χ0n) is 6.38. The fourth-order valence-electron chi connectivity index (χ4n) is 2.08. The monoisotopic (exact) mass is 156 g/mol. The molecule has 11 heavy (non-hydrogen) atoms. The van der Waals surface area contributed by atoms with E-state index in [1.165, 1.54) is 0 Å². The van der Waals surface area contributed by atoms with Gasteiger partial charge in [0, 0.05) is 12.8 Å². The Balaban J connectivity index is 2.16. The van der Waals surface area contributed by atoms with Gasteiger partial charge in [0.1, 0.15) is 5.60 Å². The Labute approximate surface area is 65.4 Å². The van der Waals surface area contributed by atoms with Gasteiger partial charge in [-0.3, -0.25) is 4.79 Å². The summed E-state index contributed by atoms with van der Waals surface area (Å²) < 4.78 is 5.13. The van der Waals surface area contributed by atoms with Crippen LogP contribution in [0.3, 0.4) is 0 Å². The summed E-state index contributed by atoms with van der Waals surface area (Å²) in [5.41, 5.74) is -0.475. The molecule has 1 spiro atoms. The minimum atomic E-state index is -0.475. The molecule has 0 bridgehead atoms. The molecule has 1 aliphatic carbocycles. The van der Waals surface area contributed by atoms with Crippen LogP contribution in [0.15, 0.2) is 0 Å². The van der Waals surface area contributed by atoms with Gasteiger partial charge in [-0.2, -0.15) is 0 Å². The Kier molecular flexibility index (Phi) is 1.42. The number of hydrogen-bond acceptors (Lipinski definition) is 3. The topological polar surface area (TPSA) is 46.5 Å². The zero-order chi connectivity index (χ0) is 7.90. The molecule has 0 aromatic carbocycles. The van der Waals surface area contributed by atoms with E-state index < -0.39 is 11.7 Å². The van der Waals surface area contributed by atoms with Crippen molar-refractivity contribution in [2.24, 2.45) is 0 Å². The molecule has 0 unspecified atom stereocenters. The van der Waals surface area contributed by atoms with Crippen molar-refractivity contribution >= 4 is 5.97 Å². The molecule has 0 amide bonds. The van der Waals surface area contributed by atoms with E-state index in [0.717, 1.165) is 19.3 Å². The van der Waals surface area contributed by atoms with Gasteiger partial charge in [0.05, 0.1) is 6.10 Å². The molecule has 62 valence electrons. The van der Waals surface area contributed by atoms with Crippen LogP contribution in [0.4, 0.5) is 0 Å². The minimum absolute atomic E-state index is 0.147. The largest absolute Gasteiger partial charge is 0.456 e. The van der Waals surface area contributed by atoms with Crippen LogP contribution in [0.2, 0.25) is 0 Å². The van der Waals surface area contributed by atoms with Crippen molar-refractivity contribution in [1.29, 1.82) is 0 Å². The molecule has 1 N–H and O–H groups in total. The maximum absolute atomic E-state index is 10.8. The Morgan fingerprint density at radius 3 is 2.82 bits per heavy atom. The molecule has 2 fully saturated rings. The summed E-state index contributed by atoms with van der Waals surface area (Å²) in [6.07, 6.45) is 3.40.